The number of aryl methyl sites for hydroxylation is 1. The lowest BCUT2D eigenvalue weighted by Gasteiger charge is -2.06. The van der Waals surface area contributed by atoms with Crippen molar-refractivity contribution in [2.75, 3.05) is 6.54 Å². The van der Waals surface area contributed by atoms with E-state index in [-0.39, 0.29) is 5.82 Å². The fourth-order valence-electron chi connectivity index (χ4n) is 2.29. The Labute approximate surface area is 99.4 Å². The number of hydrogen-bond donors (Lipinski definition) is 1. The highest BCUT2D eigenvalue weighted by atomic mass is 19.1. The third-order valence-electron chi connectivity index (χ3n) is 3.24. The molecule has 0 amide bonds. The van der Waals surface area contributed by atoms with E-state index < -0.39 is 0 Å². The van der Waals surface area contributed by atoms with Crippen molar-refractivity contribution in [3.05, 3.63) is 29.8 Å². The molecule has 1 aromatic heterocycles. The first-order chi connectivity index (χ1) is 8.29. The van der Waals surface area contributed by atoms with E-state index in [9.17, 15) is 4.39 Å². The first kappa shape index (κ1) is 10.7. The van der Waals surface area contributed by atoms with Gasteiger partial charge in [0.15, 0.2) is 0 Å². The number of aromatic nitrogens is 2. The Hall–Kier alpha value is -1.42. The normalized spacial score (nSPS) is 15.6. The van der Waals surface area contributed by atoms with Gasteiger partial charge in [-0.15, -0.1) is 0 Å². The molecule has 3 rings (SSSR count). The van der Waals surface area contributed by atoms with Crippen molar-refractivity contribution in [2.24, 2.45) is 5.73 Å². The minimum absolute atomic E-state index is 0.190. The first-order valence-electron chi connectivity index (χ1n) is 6.16. The fraction of sp³-hybridized carbons (Fsp3) is 0.462. The maximum atomic E-state index is 13.3. The van der Waals surface area contributed by atoms with Crippen LogP contribution >= 0.6 is 0 Å². The van der Waals surface area contributed by atoms with Crippen LogP contribution in [0.5, 0.6) is 0 Å². The van der Waals surface area contributed by atoms with Gasteiger partial charge in [-0.3, -0.25) is 0 Å². The number of rotatable bonds is 4. The maximum Gasteiger partial charge on any atom is 0.125 e. The zero-order valence-corrected chi connectivity index (χ0v) is 9.69. The Morgan fingerprint density at radius 1 is 1.41 bits per heavy atom. The highest BCUT2D eigenvalue weighted by Gasteiger charge is 2.27. The van der Waals surface area contributed by atoms with E-state index in [0.717, 1.165) is 29.7 Å². The molecule has 0 saturated heterocycles. The number of fused-ring (bicyclic) bond motifs is 1. The molecule has 0 unspecified atom stereocenters. The standard InChI is InChI=1S/C13H16FN3/c14-9-3-6-11-12(8-9)17(10-4-5-10)13(16-11)2-1-7-15/h3,6,8,10H,1-2,4-5,7,15H2. The van der Waals surface area contributed by atoms with E-state index in [2.05, 4.69) is 9.55 Å². The molecule has 3 nitrogen and oxygen atoms in total. The second-order valence-electron chi connectivity index (χ2n) is 4.65. The Kier molecular flexibility index (Phi) is 2.59. The molecule has 2 N–H and O–H groups in total. The average molecular weight is 233 g/mol. The summed E-state index contributed by atoms with van der Waals surface area (Å²) >= 11 is 0. The number of benzene rings is 1. The number of hydrogen-bond acceptors (Lipinski definition) is 2. The summed E-state index contributed by atoms with van der Waals surface area (Å²) in [7, 11) is 0. The van der Waals surface area contributed by atoms with Crippen LogP contribution in [0.15, 0.2) is 18.2 Å². The lowest BCUT2D eigenvalue weighted by Crippen LogP contribution is -2.06. The third kappa shape index (κ3) is 1.93. The van der Waals surface area contributed by atoms with Gasteiger partial charge in [0.25, 0.3) is 0 Å². The number of nitrogens with zero attached hydrogens (tertiary/aromatic N) is 2. The van der Waals surface area contributed by atoms with Crippen molar-refractivity contribution in [3.63, 3.8) is 0 Å². The summed E-state index contributed by atoms with van der Waals surface area (Å²) in [6, 6.07) is 5.34. The molecule has 4 heteroatoms. The number of nitrogens with two attached hydrogens (primary N) is 1. The Morgan fingerprint density at radius 3 is 2.94 bits per heavy atom. The van der Waals surface area contributed by atoms with E-state index in [1.165, 1.54) is 18.9 Å². The summed E-state index contributed by atoms with van der Waals surface area (Å²) in [6.07, 6.45) is 4.16. The molecule has 1 heterocycles. The number of imidazole rings is 1. The summed E-state index contributed by atoms with van der Waals surface area (Å²) in [5, 5.41) is 0. The summed E-state index contributed by atoms with van der Waals surface area (Å²) in [4.78, 5) is 4.59. The molecule has 0 radical (unpaired) electrons. The highest BCUT2D eigenvalue weighted by molar-refractivity contribution is 5.76. The van der Waals surface area contributed by atoms with E-state index >= 15 is 0 Å². The molecule has 1 aromatic carbocycles. The third-order valence-corrected chi connectivity index (χ3v) is 3.24. The van der Waals surface area contributed by atoms with Gasteiger partial charge in [0, 0.05) is 12.5 Å². The Balaban J connectivity index is 2.10. The van der Waals surface area contributed by atoms with Crippen molar-refractivity contribution >= 4 is 11.0 Å². The van der Waals surface area contributed by atoms with Crippen LogP contribution in [0.1, 0.15) is 31.1 Å². The Morgan fingerprint density at radius 2 is 2.24 bits per heavy atom. The minimum atomic E-state index is -0.190. The van der Waals surface area contributed by atoms with Crippen molar-refractivity contribution in [1.82, 2.24) is 9.55 Å². The van der Waals surface area contributed by atoms with Crippen LogP contribution in [0.4, 0.5) is 4.39 Å². The van der Waals surface area contributed by atoms with E-state index in [1.807, 2.05) is 0 Å². The zero-order valence-electron chi connectivity index (χ0n) is 9.69. The quantitative estimate of drug-likeness (QED) is 0.881. The molecular formula is C13H16FN3. The summed E-state index contributed by atoms with van der Waals surface area (Å²) in [6.45, 7) is 0.669. The summed E-state index contributed by atoms with van der Waals surface area (Å²) in [5.41, 5.74) is 7.36. The monoisotopic (exact) mass is 233 g/mol. The maximum absolute atomic E-state index is 13.3. The van der Waals surface area contributed by atoms with Crippen LogP contribution in [0, 0.1) is 5.82 Å². The molecule has 1 aliphatic rings. The van der Waals surface area contributed by atoms with Crippen LogP contribution < -0.4 is 5.73 Å². The second kappa shape index (κ2) is 4.11. The number of halogens is 1. The van der Waals surface area contributed by atoms with Gasteiger partial charge in [-0.1, -0.05) is 0 Å². The predicted octanol–water partition coefficient (Wildman–Crippen LogP) is 2.40. The zero-order chi connectivity index (χ0) is 11.8. The molecule has 0 atom stereocenters. The molecule has 90 valence electrons. The van der Waals surface area contributed by atoms with Gasteiger partial charge in [0.1, 0.15) is 11.6 Å². The van der Waals surface area contributed by atoms with Gasteiger partial charge >= 0.3 is 0 Å². The smallest absolute Gasteiger partial charge is 0.125 e. The molecule has 0 aliphatic heterocycles. The predicted molar refractivity (Wildman–Crippen MR) is 65.3 cm³/mol. The van der Waals surface area contributed by atoms with Crippen molar-refractivity contribution < 1.29 is 4.39 Å². The lowest BCUT2D eigenvalue weighted by atomic mass is 10.3. The second-order valence-corrected chi connectivity index (χ2v) is 4.65. The summed E-state index contributed by atoms with van der Waals surface area (Å²) < 4.78 is 15.5. The van der Waals surface area contributed by atoms with Crippen molar-refractivity contribution in [1.29, 1.82) is 0 Å². The van der Waals surface area contributed by atoms with Gasteiger partial charge in [-0.05, 0) is 44.0 Å². The molecule has 0 bridgehead atoms. The topological polar surface area (TPSA) is 43.8 Å². The van der Waals surface area contributed by atoms with Gasteiger partial charge in [-0.25, -0.2) is 9.37 Å². The lowest BCUT2D eigenvalue weighted by molar-refractivity contribution is 0.626. The van der Waals surface area contributed by atoms with Crippen LogP contribution in [0.3, 0.4) is 0 Å². The van der Waals surface area contributed by atoms with Crippen molar-refractivity contribution in [3.8, 4) is 0 Å². The molecule has 17 heavy (non-hydrogen) atoms. The van der Waals surface area contributed by atoms with Gasteiger partial charge in [0.05, 0.1) is 11.0 Å². The molecule has 1 aliphatic carbocycles. The molecule has 1 fully saturated rings. The fourth-order valence-corrected chi connectivity index (χ4v) is 2.29. The molecule has 2 aromatic rings. The van der Waals surface area contributed by atoms with Gasteiger partial charge in [0.2, 0.25) is 0 Å². The van der Waals surface area contributed by atoms with Crippen LogP contribution in [0.25, 0.3) is 11.0 Å². The molecular weight excluding hydrogens is 217 g/mol. The minimum Gasteiger partial charge on any atom is -0.330 e. The SMILES string of the molecule is NCCCc1nc2ccc(F)cc2n1C1CC1. The van der Waals surface area contributed by atoms with E-state index in [0.29, 0.717) is 12.6 Å². The average Bonchev–Trinajstić information content (AvgIpc) is 3.08. The van der Waals surface area contributed by atoms with Crippen LogP contribution in [0.2, 0.25) is 0 Å². The summed E-state index contributed by atoms with van der Waals surface area (Å²) in [5.74, 6) is 0.864. The largest absolute Gasteiger partial charge is 0.330 e. The molecule has 0 spiro atoms. The van der Waals surface area contributed by atoms with Crippen LogP contribution in [-0.2, 0) is 6.42 Å². The first-order valence-corrected chi connectivity index (χ1v) is 6.16. The highest BCUT2D eigenvalue weighted by Crippen LogP contribution is 2.39. The van der Waals surface area contributed by atoms with Crippen molar-refractivity contribution in [2.45, 2.75) is 31.7 Å². The molecule has 1 saturated carbocycles. The van der Waals surface area contributed by atoms with Gasteiger partial charge < -0.3 is 10.3 Å². The Bertz CT molecular complexity index is 543. The van der Waals surface area contributed by atoms with Gasteiger partial charge in [-0.2, -0.15) is 0 Å². The van der Waals surface area contributed by atoms with E-state index in [4.69, 9.17) is 5.73 Å². The van der Waals surface area contributed by atoms with E-state index in [1.54, 1.807) is 12.1 Å². The van der Waals surface area contributed by atoms with Crippen LogP contribution in [-0.4, -0.2) is 16.1 Å².